The van der Waals surface area contributed by atoms with Crippen LogP contribution < -0.4 is 0 Å². The van der Waals surface area contributed by atoms with Crippen LogP contribution in [0.4, 0.5) is 4.39 Å². The number of rotatable bonds is 6. The third kappa shape index (κ3) is 5.72. The number of nitrogens with zero attached hydrogens (tertiary/aromatic N) is 1. The molecule has 0 saturated heterocycles. The monoisotopic (exact) mass is 441 g/mol. The van der Waals surface area contributed by atoms with Gasteiger partial charge in [0, 0.05) is 9.81 Å². The van der Waals surface area contributed by atoms with Gasteiger partial charge in [0.05, 0.1) is 16.8 Å². The molecule has 0 radical (unpaired) electrons. The summed E-state index contributed by atoms with van der Waals surface area (Å²) in [5, 5.41) is 2.90. The number of alkyl halides is 1. The van der Waals surface area contributed by atoms with Crippen LogP contribution in [0.2, 0.25) is 18.1 Å². The Morgan fingerprint density at radius 1 is 1.52 bits per heavy atom. The first kappa shape index (κ1) is 19.3. The molecule has 1 aromatic rings. The van der Waals surface area contributed by atoms with Gasteiger partial charge in [-0.25, -0.2) is 9.37 Å². The van der Waals surface area contributed by atoms with Crippen molar-refractivity contribution < 1.29 is 8.82 Å². The molecule has 1 aromatic heterocycles. The van der Waals surface area contributed by atoms with E-state index in [0.29, 0.717) is 12.1 Å². The summed E-state index contributed by atoms with van der Waals surface area (Å²) in [4.78, 5) is 4.29. The van der Waals surface area contributed by atoms with E-state index >= 15 is 0 Å². The Labute approximate surface area is 146 Å². The van der Waals surface area contributed by atoms with E-state index in [1.54, 1.807) is 0 Å². The van der Waals surface area contributed by atoms with Crippen molar-refractivity contribution in [3.63, 3.8) is 0 Å². The summed E-state index contributed by atoms with van der Waals surface area (Å²) in [6, 6.07) is 0. The Balaban J connectivity index is 2.93. The average molecular weight is 441 g/mol. The van der Waals surface area contributed by atoms with Crippen LogP contribution in [-0.4, -0.2) is 23.8 Å². The number of aromatic nitrogens is 1. The molecular weight excluding hydrogens is 416 g/mol. The predicted molar refractivity (Wildman–Crippen MR) is 102 cm³/mol. The molecule has 0 aliphatic carbocycles. The second-order valence-corrected chi connectivity index (χ2v) is 13.6. The highest BCUT2D eigenvalue weighted by molar-refractivity contribution is 14.1. The minimum Gasteiger partial charge on any atom is -0.408 e. The molecule has 120 valence electrons. The fraction of sp³-hybridized carbons (Fsp3) is 0.667. The molecule has 0 amide bonds. The maximum atomic E-state index is 14.6. The van der Waals surface area contributed by atoms with E-state index in [1.807, 2.05) is 12.3 Å². The molecule has 0 aliphatic heterocycles. The topological polar surface area (TPSA) is 22.1 Å². The molecule has 0 fully saturated rings. The Hall–Kier alpha value is 0.207. The van der Waals surface area contributed by atoms with Crippen LogP contribution in [0.25, 0.3) is 6.08 Å². The van der Waals surface area contributed by atoms with Gasteiger partial charge in [-0.1, -0.05) is 43.4 Å². The first-order valence-corrected chi connectivity index (χ1v) is 12.4. The van der Waals surface area contributed by atoms with Crippen LogP contribution >= 0.6 is 33.9 Å². The molecule has 0 aliphatic rings. The van der Waals surface area contributed by atoms with Crippen LogP contribution in [0.3, 0.4) is 0 Å². The fourth-order valence-corrected chi connectivity index (χ4v) is 4.00. The maximum Gasteiger partial charge on any atom is 0.193 e. The van der Waals surface area contributed by atoms with Gasteiger partial charge >= 0.3 is 0 Å². The lowest BCUT2D eigenvalue weighted by Gasteiger charge is -2.38. The van der Waals surface area contributed by atoms with Crippen molar-refractivity contribution in [1.29, 1.82) is 0 Å². The average Bonchev–Trinajstić information content (AvgIpc) is 2.72. The van der Waals surface area contributed by atoms with Crippen LogP contribution in [0.15, 0.2) is 11.2 Å². The van der Waals surface area contributed by atoms with Crippen molar-refractivity contribution >= 4 is 48.3 Å². The van der Waals surface area contributed by atoms with Gasteiger partial charge in [-0.05, 0) is 37.6 Å². The predicted octanol–water partition coefficient (Wildman–Crippen LogP) is 5.98. The highest BCUT2D eigenvalue weighted by atomic mass is 127. The van der Waals surface area contributed by atoms with E-state index in [-0.39, 0.29) is 10.9 Å². The third-order valence-electron chi connectivity index (χ3n) is 3.84. The number of halogens is 2. The van der Waals surface area contributed by atoms with E-state index in [9.17, 15) is 4.39 Å². The van der Waals surface area contributed by atoms with Gasteiger partial charge in [0.2, 0.25) is 0 Å². The second-order valence-electron chi connectivity index (χ2n) is 6.67. The number of hydrogen-bond donors (Lipinski definition) is 0. The zero-order valence-corrected chi connectivity index (χ0v) is 17.6. The van der Waals surface area contributed by atoms with Gasteiger partial charge in [-0.15, -0.1) is 11.3 Å². The molecule has 1 rings (SSSR count). The van der Waals surface area contributed by atoms with Crippen LogP contribution in [0.1, 0.15) is 37.9 Å². The van der Waals surface area contributed by atoms with E-state index in [2.05, 4.69) is 61.4 Å². The molecule has 1 atom stereocenters. The first-order valence-electron chi connectivity index (χ1n) is 7.10. The van der Waals surface area contributed by atoms with Crippen LogP contribution in [0, 0.1) is 6.92 Å². The SMILES string of the molecule is Cc1nc(/C=C(/F)C(CCI)O[Si](C)(C)C(C)(C)C)cs1. The molecule has 0 bridgehead atoms. The quantitative estimate of drug-likeness (QED) is 0.308. The van der Waals surface area contributed by atoms with Gasteiger partial charge in [0.25, 0.3) is 0 Å². The largest absolute Gasteiger partial charge is 0.408 e. The summed E-state index contributed by atoms with van der Waals surface area (Å²) >= 11 is 3.80. The van der Waals surface area contributed by atoms with Gasteiger partial charge in [0.1, 0.15) is 5.83 Å². The second kappa shape index (κ2) is 7.65. The number of hydrogen-bond acceptors (Lipinski definition) is 3. The van der Waals surface area contributed by atoms with E-state index < -0.39 is 14.4 Å². The summed E-state index contributed by atoms with van der Waals surface area (Å²) in [7, 11) is -1.98. The maximum absolute atomic E-state index is 14.6. The summed E-state index contributed by atoms with van der Waals surface area (Å²) in [5.74, 6) is -0.207. The smallest absolute Gasteiger partial charge is 0.193 e. The molecule has 0 aromatic carbocycles. The Kier molecular flexibility index (Phi) is 7.02. The molecule has 0 saturated carbocycles. The standard InChI is InChI=1S/C15H25FINOSSi/c1-11-18-12(10-20-11)9-13(16)14(7-8-17)19-21(5,6)15(2,3)4/h9-10,14H,7-8H2,1-6H3/b13-9+. The van der Waals surface area contributed by atoms with Crippen molar-refractivity contribution in [1.82, 2.24) is 4.98 Å². The molecule has 0 spiro atoms. The summed E-state index contributed by atoms with van der Waals surface area (Å²) in [6.45, 7) is 12.8. The molecule has 1 unspecified atom stereocenters. The molecule has 6 heteroatoms. The van der Waals surface area contributed by atoms with Crippen molar-refractivity contribution in [2.24, 2.45) is 0 Å². The summed E-state index contributed by atoms with van der Waals surface area (Å²) in [5.41, 5.74) is 0.687. The lowest BCUT2D eigenvalue weighted by Crippen LogP contribution is -2.44. The minimum atomic E-state index is -1.98. The Morgan fingerprint density at radius 2 is 2.14 bits per heavy atom. The number of aryl methyl sites for hydroxylation is 1. The lowest BCUT2D eigenvalue weighted by molar-refractivity contribution is 0.187. The zero-order chi connectivity index (χ0) is 16.3. The Morgan fingerprint density at radius 3 is 2.57 bits per heavy atom. The van der Waals surface area contributed by atoms with E-state index in [1.165, 1.54) is 17.4 Å². The number of thiazole rings is 1. The van der Waals surface area contributed by atoms with Gasteiger partial charge in [-0.3, -0.25) is 0 Å². The lowest BCUT2D eigenvalue weighted by atomic mass is 10.2. The van der Waals surface area contributed by atoms with E-state index in [4.69, 9.17) is 4.43 Å². The molecule has 1 heterocycles. The molecule has 21 heavy (non-hydrogen) atoms. The van der Waals surface area contributed by atoms with Crippen molar-refractivity contribution in [2.75, 3.05) is 4.43 Å². The van der Waals surface area contributed by atoms with Gasteiger partial charge < -0.3 is 4.43 Å². The highest BCUT2D eigenvalue weighted by Crippen LogP contribution is 2.38. The fourth-order valence-electron chi connectivity index (χ4n) is 1.57. The summed E-state index contributed by atoms with van der Waals surface area (Å²) < 4.78 is 21.7. The zero-order valence-electron chi connectivity index (χ0n) is 13.7. The van der Waals surface area contributed by atoms with Crippen molar-refractivity contribution in [3.8, 4) is 0 Å². The summed E-state index contributed by atoms with van der Waals surface area (Å²) in [6.07, 6.45) is 1.76. The normalized spacial score (nSPS) is 15.3. The highest BCUT2D eigenvalue weighted by Gasteiger charge is 2.39. The van der Waals surface area contributed by atoms with E-state index in [0.717, 1.165) is 9.44 Å². The Bertz CT molecular complexity index is 496. The molecule has 0 N–H and O–H groups in total. The van der Waals surface area contributed by atoms with Crippen LogP contribution in [0.5, 0.6) is 0 Å². The van der Waals surface area contributed by atoms with Crippen LogP contribution in [-0.2, 0) is 4.43 Å². The minimum absolute atomic E-state index is 0.0774. The van der Waals surface area contributed by atoms with Gasteiger partial charge in [0.15, 0.2) is 8.32 Å². The molecule has 2 nitrogen and oxygen atoms in total. The van der Waals surface area contributed by atoms with Crippen molar-refractivity contribution in [2.45, 2.75) is 58.4 Å². The molecular formula is C15H25FINOSSi. The van der Waals surface area contributed by atoms with Gasteiger partial charge in [-0.2, -0.15) is 0 Å². The third-order valence-corrected chi connectivity index (χ3v) is 9.75. The first-order chi connectivity index (χ1) is 9.56. The van der Waals surface area contributed by atoms with Crippen molar-refractivity contribution in [3.05, 3.63) is 21.9 Å².